The molecule has 41 heavy (non-hydrogen) atoms. The number of ether oxygens (including phenoxy) is 2. The molecule has 10 nitrogen and oxygen atoms in total. The van der Waals surface area contributed by atoms with E-state index in [1.165, 1.54) is 0 Å². The van der Waals surface area contributed by atoms with Gasteiger partial charge < -0.3 is 24.7 Å². The van der Waals surface area contributed by atoms with Crippen LogP contribution in [-0.4, -0.2) is 44.1 Å². The van der Waals surface area contributed by atoms with Crippen LogP contribution >= 0.6 is 0 Å². The minimum atomic E-state index is -0.264. The number of unbranched alkanes of at least 4 members (excludes halogenated alkanes) is 1. The van der Waals surface area contributed by atoms with Crippen LogP contribution in [-0.2, 0) is 6.54 Å². The minimum absolute atomic E-state index is 0.264. The Morgan fingerprint density at radius 3 is 2.71 bits per heavy atom. The van der Waals surface area contributed by atoms with Gasteiger partial charge in [-0.2, -0.15) is 0 Å². The molecule has 0 spiro atoms. The van der Waals surface area contributed by atoms with Gasteiger partial charge in [0.05, 0.1) is 25.7 Å². The minimum Gasteiger partial charge on any atom is -0.493 e. The molecule has 0 saturated carbocycles. The van der Waals surface area contributed by atoms with Gasteiger partial charge in [0, 0.05) is 60.0 Å². The van der Waals surface area contributed by atoms with Crippen LogP contribution < -0.4 is 20.1 Å². The van der Waals surface area contributed by atoms with Gasteiger partial charge in [0.2, 0.25) is 5.95 Å². The number of anilines is 3. The highest BCUT2D eigenvalue weighted by Crippen LogP contribution is 2.29. The first-order valence-corrected chi connectivity index (χ1v) is 13.3. The van der Waals surface area contributed by atoms with E-state index >= 15 is 0 Å². The first kappa shape index (κ1) is 27.3. The van der Waals surface area contributed by atoms with Crippen molar-refractivity contribution in [2.75, 3.05) is 24.4 Å². The Bertz CT molecular complexity index is 1590. The molecule has 5 aromatic rings. The summed E-state index contributed by atoms with van der Waals surface area (Å²) in [6, 6.07) is 16.4. The van der Waals surface area contributed by atoms with Gasteiger partial charge in [-0.1, -0.05) is 6.07 Å². The molecular formula is C31H31N7O3. The largest absolute Gasteiger partial charge is 0.493 e. The SMILES string of the molecule is COc1cc(C(=O)Nc2ccc(C)c(Nc3nccc(-c4cccnc4)n3)c2)ccc1OCCCCn1ccnc1. The summed E-state index contributed by atoms with van der Waals surface area (Å²) in [5.74, 6) is 1.28. The zero-order valence-corrected chi connectivity index (χ0v) is 22.9. The number of rotatable bonds is 12. The lowest BCUT2D eigenvalue weighted by Crippen LogP contribution is -2.12. The van der Waals surface area contributed by atoms with Crippen LogP contribution in [0.25, 0.3) is 11.3 Å². The molecule has 0 bridgehead atoms. The number of nitrogens with one attached hydrogen (secondary N) is 2. The number of benzene rings is 2. The predicted molar refractivity (Wildman–Crippen MR) is 158 cm³/mol. The quantitative estimate of drug-likeness (QED) is 0.185. The zero-order chi connectivity index (χ0) is 28.4. The third-order valence-corrected chi connectivity index (χ3v) is 6.41. The molecule has 5 rings (SSSR count). The molecule has 0 radical (unpaired) electrons. The third-order valence-electron chi connectivity index (χ3n) is 6.41. The second kappa shape index (κ2) is 13.2. The van der Waals surface area contributed by atoms with Gasteiger partial charge in [0.25, 0.3) is 5.91 Å². The second-order valence-corrected chi connectivity index (χ2v) is 9.34. The summed E-state index contributed by atoms with van der Waals surface area (Å²) in [5, 5.41) is 6.22. The summed E-state index contributed by atoms with van der Waals surface area (Å²) >= 11 is 0. The van der Waals surface area contributed by atoms with Crippen molar-refractivity contribution in [2.45, 2.75) is 26.3 Å². The van der Waals surface area contributed by atoms with Crippen LogP contribution in [0.5, 0.6) is 11.5 Å². The van der Waals surface area contributed by atoms with Gasteiger partial charge in [0.1, 0.15) is 0 Å². The Hall–Kier alpha value is -5.25. The van der Waals surface area contributed by atoms with Gasteiger partial charge >= 0.3 is 0 Å². The topological polar surface area (TPSA) is 116 Å². The molecule has 3 aromatic heterocycles. The Balaban J connectivity index is 1.21. The first-order valence-electron chi connectivity index (χ1n) is 13.3. The molecule has 0 unspecified atom stereocenters. The highest BCUT2D eigenvalue weighted by atomic mass is 16.5. The fraction of sp³-hybridized carbons (Fsp3) is 0.194. The van der Waals surface area contributed by atoms with E-state index in [2.05, 4.69) is 30.6 Å². The van der Waals surface area contributed by atoms with Crippen LogP contribution in [0.1, 0.15) is 28.8 Å². The van der Waals surface area contributed by atoms with Gasteiger partial charge in [0.15, 0.2) is 11.5 Å². The number of methoxy groups -OCH3 is 1. The van der Waals surface area contributed by atoms with Gasteiger partial charge in [-0.3, -0.25) is 9.78 Å². The van der Waals surface area contributed by atoms with E-state index in [0.717, 1.165) is 41.9 Å². The lowest BCUT2D eigenvalue weighted by molar-refractivity contribution is 0.102. The number of hydrogen-bond acceptors (Lipinski definition) is 8. The molecule has 0 fully saturated rings. The number of nitrogens with zero attached hydrogens (tertiary/aromatic N) is 5. The fourth-order valence-corrected chi connectivity index (χ4v) is 4.18. The number of imidazole rings is 1. The molecule has 0 aliphatic rings. The normalized spacial score (nSPS) is 10.7. The number of pyridine rings is 1. The van der Waals surface area contributed by atoms with Crippen LogP contribution in [0, 0.1) is 6.92 Å². The van der Waals surface area contributed by atoms with E-state index in [4.69, 9.17) is 9.47 Å². The van der Waals surface area contributed by atoms with E-state index in [1.807, 2.05) is 54.1 Å². The molecule has 0 aliphatic carbocycles. The van der Waals surface area contributed by atoms with Crippen molar-refractivity contribution in [2.24, 2.45) is 0 Å². The first-order chi connectivity index (χ1) is 20.1. The maximum absolute atomic E-state index is 13.1. The van der Waals surface area contributed by atoms with Crippen molar-refractivity contribution in [1.29, 1.82) is 0 Å². The molecular weight excluding hydrogens is 518 g/mol. The van der Waals surface area contributed by atoms with Crippen LogP contribution in [0.15, 0.2) is 91.9 Å². The number of carbonyl (C=O) groups excluding carboxylic acids is 1. The van der Waals surface area contributed by atoms with E-state index in [9.17, 15) is 4.79 Å². The highest BCUT2D eigenvalue weighted by molar-refractivity contribution is 6.05. The summed E-state index contributed by atoms with van der Waals surface area (Å²) < 4.78 is 13.5. The van der Waals surface area contributed by atoms with E-state index in [1.54, 1.807) is 56.4 Å². The van der Waals surface area contributed by atoms with Crippen LogP contribution in [0.3, 0.4) is 0 Å². The fourth-order valence-electron chi connectivity index (χ4n) is 4.18. The molecule has 3 heterocycles. The number of aromatic nitrogens is 5. The molecule has 0 saturated heterocycles. The molecule has 1 amide bonds. The summed E-state index contributed by atoms with van der Waals surface area (Å²) in [7, 11) is 1.56. The van der Waals surface area contributed by atoms with Gasteiger partial charge in [-0.25, -0.2) is 15.0 Å². The molecule has 208 valence electrons. The second-order valence-electron chi connectivity index (χ2n) is 9.34. The maximum Gasteiger partial charge on any atom is 0.255 e. The number of aryl methyl sites for hydroxylation is 2. The Kier molecular flexibility index (Phi) is 8.80. The monoisotopic (exact) mass is 549 g/mol. The summed E-state index contributed by atoms with van der Waals surface area (Å²) in [6.45, 7) is 3.41. The van der Waals surface area contributed by atoms with Gasteiger partial charge in [-0.05, 0) is 73.9 Å². The molecule has 10 heteroatoms. The summed E-state index contributed by atoms with van der Waals surface area (Å²) in [4.78, 5) is 30.3. The molecule has 2 aromatic carbocycles. The third kappa shape index (κ3) is 7.24. The summed E-state index contributed by atoms with van der Waals surface area (Å²) in [5.41, 5.74) is 4.49. The summed E-state index contributed by atoms with van der Waals surface area (Å²) in [6.07, 6.45) is 12.5. The Labute approximate surface area is 238 Å². The highest BCUT2D eigenvalue weighted by Gasteiger charge is 2.13. The maximum atomic E-state index is 13.1. The zero-order valence-electron chi connectivity index (χ0n) is 22.9. The van der Waals surface area contributed by atoms with Crippen molar-refractivity contribution in [3.8, 4) is 22.8 Å². The van der Waals surface area contributed by atoms with E-state index in [0.29, 0.717) is 35.3 Å². The van der Waals surface area contributed by atoms with E-state index < -0.39 is 0 Å². The smallest absolute Gasteiger partial charge is 0.255 e. The van der Waals surface area contributed by atoms with Crippen molar-refractivity contribution in [3.05, 3.63) is 103 Å². The van der Waals surface area contributed by atoms with Gasteiger partial charge in [-0.15, -0.1) is 0 Å². The average Bonchev–Trinajstić information content (AvgIpc) is 3.53. The average molecular weight is 550 g/mol. The lowest BCUT2D eigenvalue weighted by atomic mass is 10.1. The lowest BCUT2D eigenvalue weighted by Gasteiger charge is -2.14. The van der Waals surface area contributed by atoms with Crippen LogP contribution in [0.4, 0.5) is 17.3 Å². The number of hydrogen-bond donors (Lipinski definition) is 2. The number of carbonyl (C=O) groups is 1. The number of amides is 1. The molecule has 2 N–H and O–H groups in total. The Morgan fingerprint density at radius 2 is 1.90 bits per heavy atom. The predicted octanol–water partition coefficient (Wildman–Crippen LogP) is 5.91. The Morgan fingerprint density at radius 1 is 0.976 bits per heavy atom. The van der Waals surface area contributed by atoms with Crippen molar-refractivity contribution in [1.82, 2.24) is 24.5 Å². The van der Waals surface area contributed by atoms with Crippen molar-refractivity contribution in [3.63, 3.8) is 0 Å². The van der Waals surface area contributed by atoms with E-state index in [-0.39, 0.29) is 5.91 Å². The van der Waals surface area contributed by atoms with Crippen molar-refractivity contribution >= 4 is 23.2 Å². The molecule has 0 aliphatic heterocycles. The standard InChI is InChI=1S/C31H31N7O3/c1-22-7-9-25(19-27(22)37-31-34-13-11-26(36-31)24-6-5-12-32-20-24)35-30(39)23-8-10-28(29(18-23)40-2)41-17-4-3-15-38-16-14-33-21-38/h5-14,16,18-21H,3-4,15,17H2,1-2H3,(H,35,39)(H,34,36,37). The van der Waals surface area contributed by atoms with Crippen molar-refractivity contribution < 1.29 is 14.3 Å². The molecule has 0 atom stereocenters. The van der Waals surface area contributed by atoms with Crippen LogP contribution in [0.2, 0.25) is 0 Å².